The first-order valence-electron chi connectivity index (χ1n) is 7.47. The molecule has 0 N–H and O–H groups in total. The second-order valence-electron chi connectivity index (χ2n) is 5.84. The molecule has 2 aromatic heterocycles. The Hall–Kier alpha value is -1.38. The van der Waals surface area contributed by atoms with Gasteiger partial charge in [-0.25, -0.2) is 9.37 Å². The number of alkyl halides is 1. The maximum absolute atomic E-state index is 13.9. The molecule has 1 aliphatic heterocycles. The fraction of sp³-hybridized carbons (Fsp3) is 0.533. The van der Waals surface area contributed by atoms with Crippen LogP contribution in [0, 0.1) is 6.92 Å². The highest BCUT2D eigenvalue weighted by molar-refractivity contribution is 7.09. The molecule has 1 fully saturated rings. The smallest absolute Gasteiger partial charge is 0.256 e. The van der Waals surface area contributed by atoms with E-state index in [-0.39, 0.29) is 11.9 Å². The summed E-state index contributed by atoms with van der Waals surface area (Å²) in [6.07, 6.45) is 1.39. The van der Waals surface area contributed by atoms with Crippen molar-refractivity contribution in [1.29, 1.82) is 0 Å². The van der Waals surface area contributed by atoms with E-state index in [1.54, 1.807) is 34.9 Å². The number of aryl methyl sites for hydroxylation is 1. The SMILES string of the molecule is Cc1nscc1C(=O)N(C)C[C@@H]1C[C@H](F)CN1Cc1nccs1. The second kappa shape index (κ2) is 7.02. The topological polar surface area (TPSA) is 49.3 Å². The lowest BCUT2D eigenvalue weighted by Gasteiger charge is -2.27. The van der Waals surface area contributed by atoms with Gasteiger partial charge in [0.25, 0.3) is 5.91 Å². The molecule has 3 heterocycles. The maximum Gasteiger partial charge on any atom is 0.256 e. The van der Waals surface area contributed by atoms with Crippen LogP contribution in [0.25, 0.3) is 0 Å². The number of carbonyl (C=O) groups is 1. The molecule has 0 aliphatic carbocycles. The lowest BCUT2D eigenvalue weighted by atomic mass is 10.1. The molecule has 1 saturated heterocycles. The fourth-order valence-corrected chi connectivity index (χ4v) is 4.24. The normalized spacial score (nSPS) is 21.7. The standard InChI is InChI=1S/C15H19FN4OS2/c1-10-13(9-23-18-10)15(21)19(2)7-12-5-11(16)6-20(12)8-14-17-3-4-22-14/h3-4,9,11-12H,5-8H2,1-2H3/t11-,12-/m0/s1. The number of likely N-dealkylation sites (N-methyl/N-ethyl adjacent to an activating group) is 1. The Labute approximate surface area is 142 Å². The number of likely N-dealkylation sites (tertiary alicyclic amines) is 1. The first-order chi connectivity index (χ1) is 11.0. The van der Waals surface area contributed by atoms with Crippen LogP contribution in [-0.4, -0.2) is 57.4 Å². The maximum atomic E-state index is 13.9. The summed E-state index contributed by atoms with van der Waals surface area (Å²) in [7, 11) is 1.77. The third-order valence-electron chi connectivity index (χ3n) is 4.11. The Morgan fingerprint density at radius 3 is 3.04 bits per heavy atom. The van der Waals surface area contributed by atoms with Gasteiger partial charge in [0.1, 0.15) is 11.2 Å². The number of hydrogen-bond acceptors (Lipinski definition) is 6. The Balaban J connectivity index is 1.65. The second-order valence-corrected chi connectivity index (χ2v) is 7.45. The van der Waals surface area contributed by atoms with Crippen molar-refractivity contribution in [2.45, 2.75) is 32.1 Å². The molecule has 23 heavy (non-hydrogen) atoms. The minimum Gasteiger partial charge on any atom is -0.340 e. The van der Waals surface area contributed by atoms with Gasteiger partial charge in [0.2, 0.25) is 0 Å². The molecular weight excluding hydrogens is 335 g/mol. The van der Waals surface area contributed by atoms with E-state index in [0.29, 0.717) is 31.6 Å². The van der Waals surface area contributed by atoms with Gasteiger partial charge >= 0.3 is 0 Å². The van der Waals surface area contributed by atoms with Crippen molar-refractivity contribution in [1.82, 2.24) is 19.2 Å². The van der Waals surface area contributed by atoms with Crippen LogP contribution in [0.4, 0.5) is 4.39 Å². The van der Waals surface area contributed by atoms with E-state index >= 15 is 0 Å². The molecule has 0 spiro atoms. The third-order valence-corrected chi connectivity index (χ3v) is 5.60. The molecule has 2 atom stereocenters. The van der Waals surface area contributed by atoms with Crippen LogP contribution < -0.4 is 0 Å². The van der Waals surface area contributed by atoms with E-state index in [9.17, 15) is 9.18 Å². The summed E-state index contributed by atoms with van der Waals surface area (Å²) >= 11 is 2.86. The van der Waals surface area contributed by atoms with Crippen LogP contribution in [0.5, 0.6) is 0 Å². The summed E-state index contributed by atoms with van der Waals surface area (Å²) in [4.78, 5) is 20.5. The molecule has 0 aromatic carbocycles. The molecule has 0 saturated carbocycles. The summed E-state index contributed by atoms with van der Waals surface area (Å²) in [6.45, 7) is 3.40. The van der Waals surface area contributed by atoms with Crippen molar-refractivity contribution in [2.75, 3.05) is 20.1 Å². The van der Waals surface area contributed by atoms with E-state index in [0.717, 1.165) is 10.7 Å². The summed E-state index contributed by atoms with van der Waals surface area (Å²) in [6, 6.07) is 0.0229. The molecule has 124 valence electrons. The summed E-state index contributed by atoms with van der Waals surface area (Å²) < 4.78 is 18.0. The molecule has 8 heteroatoms. The lowest BCUT2D eigenvalue weighted by Crippen LogP contribution is -2.41. The molecule has 5 nitrogen and oxygen atoms in total. The fourth-order valence-electron chi connectivity index (χ4n) is 2.91. The van der Waals surface area contributed by atoms with Gasteiger partial charge in [-0.3, -0.25) is 9.69 Å². The minimum absolute atomic E-state index is 0.0229. The van der Waals surface area contributed by atoms with E-state index in [2.05, 4.69) is 14.3 Å². The Kier molecular flexibility index (Phi) is 5.03. The van der Waals surface area contributed by atoms with Crippen molar-refractivity contribution in [3.8, 4) is 0 Å². The molecule has 1 amide bonds. The molecule has 1 aliphatic rings. The Morgan fingerprint density at radius 1 is 1.57 bits per heavy atom. The van der Waals surface area contributed by atoms with Gasteiger partial charge in [0, 0.05) is 43.1 Å². The summed E-state index contributed by atoms with van der Waals surface area (Å²) in [5, 5.41) is 4.68. The average molecular weight is 354 g/mol. The molecule has 2 aromatic rings. The number of thiazole rings is 1. The van der Waals surface area contributed by atoms with Crippen molar-refractivity contribution < 1.29 is 9.18 Å². The Bertz CT molecular complexity index is 660. The number of hydrogen-bond donors (Lipinski definition) is 0. The molecule has 0 unspecified atom stereocenters. The quantitative estimate of drug-likeness (QED) is 0.828. The van der Waals surface area contributed by atoms with Gasteiger partial charge in [0.15, 0.2) is 0 Å². The number of rotatable bonds is 5. The van der Waals surface area contributed by atoms with E-state index in [4.69, 9.17) is 0 Å². The van der Waals surface area contributed by atoms with Gasteiger partial charge in [-0.2, -0.15) is 4.37 Å². The molecular formula is C15H19FN4OS2. The lowest BCUT2D eigenvalue weighted by molar-refractivity contribution is 0.0749. The zero-order chi connectivity index (χ0) is 16.4. The van der Waals surface area contributed by atoms with E-state index in [1.807, 2.05) is 12.3 Å². The highest BCUT2D eigenvalue weighted by Crippen LogP contribution is 2.24. The zero-order valence-electron chi connectivity index (χ0n) is 13.1. The predicted octanol–water partition coefficient (Wildman–Crippen LogP) is 2.59. The van der Waals surface area contributed by atoms with Gasteiger partial charge in [-0.05, 0) is 24.9 Å². The number of nitrogens with zero attached hydrogens (tertiary/aromatic N) is 4. The largest absolute Gasteiger partial charge is 0.340 e. The minimum atomic E-state index is -0.840. The van der Waals surface area contributed by atoms with Crippen molar-refractivity contribution in [3.05, 3.63) is 33.2 Å². The zero-order valence-corrected chi connectivity index (χ0v) is 14.7. The van der Waals surface area contributed by atoms with Crippen molar-refractivity contribution in [2.24, 2.45) is 0 Å². The molecule has 3 rings (SSSR count). The highest BCUT2D eigenvalue weighted by atomic mass is 32.1. The predicted molar refractivity (Wildman–Crippen MR) is 89.6 cm³/mol. The van der Waals surface area contributed by atoms with E-state index < -0.39 is 6.17 Å². The van der Waals surface area contributed by atoms with Crippen molar-refractivity contribution >= 4 is 28.8 Å². The summed E-state index contributed by atoms with van der Waals surface area (Å²) in [5.74, 6) is -0.0484. The number of halogens is 1. The van der Waals surface area contributed by atoms with Gasteiger partial charge in [-0.1, -0.05) is 0 Å². The van der Waals surface area contributed by atoms with Gasteiger partial charge in [0.05, 0.1) is 17.8 Å². The van der Waals surface area contributed by atoms with Crippen LogP contribution in [0.1, 0.15) is 27.5 Å². The number of carbonyl (C=O) groups excluding carboxylic acids is 1. The van der Waals surface area contributed by atoms with Crippen LogP contribution >= 0.6 is 22.9 Å². The molecule has 0 bridgehead atoms. The molecule has 0 radical (unpaired) electrons. The Morgan fingerprint density at radius 2 is 2.39 bits per heavy atom. The van der Waals surface area contributed by atoms with Crippen molar-refractivity contribution in [3.63, 3.8) is 0 Å². The monoisotopic (exact) mass is 354 g/mol. The van der Waals surface area contributed by atoms with E-state index in [1.165, 1.54) is 11.5 Å². The van der Waals surface area contributed by atoms with Gasteiger partial charge < -0.3 is 4.90 Å². The first-order valence-corrected chi connectivity index (χ1v) is 9.19. The first kappa shape index (κ1) is 16.5. The van der Waals surface area contributed by atoms with Crippen LogP contribution in [0.15, 0.2) is 17.0 Å². The third kappa shape index (κ3) is 3.76. The average Bonchev–Trinajstić information content (AvgIpc) is 3.22. The van der Waals surface area contributed by atoms with Crippen LogP contribution in [0.3, 0.4) is 0 Å². The highest BCUT2D eigenvalue weighted by Gasteiger charge is 2.34. The van der Waals surface area contributed by atoms with Gasteiger partial charge in [-0.15, -0.1) is 11.3 Å². The number of aromatic nitrogens is 2. The number of amides is 1. The van der Waals surface area contributed by atoms with Crippen LogP contribution in [-0.2, 0) is 6.54 Å². The summed E-state index contributed by atoms with van der Waals surface area (Å²) in [5.41, 5.74) is 1.39. The van der Waals surface area contributed by atoms with Crippen LogP contribution in [0.2, 0.25) is 0 Å².